The summed E-state index contributed by atoms with van der Waals surface area (Å²) >= 11 is 0. The minimum absolute atomic E-state index is 0.121. The maximum absolute atomic E-state index is 11.1. The van der Waals surface area contributed by atoms with Crippen LogP contribution in [0.4, 0.5) is 11.4 Å². The van der Waals surface area contributed by atoms with Crippen molar-refractivity contribution < 1.29 is 19.2 Å². The van der Waals surface area contributed by atoms with Crippen LogP contribution in [0.5, 0.6) is 0 Å². The molecule has 0 saturated carbocycles. The summed E-state index contributed by atoms with van der Waals surface area (Å²) in [7, 11) is 0. The quantitative estimate of drug-likeness (QED) is 0.475. The highest BCUT2D eigenvalue weighted by Crippen LogP contribution is 2.20. The lowest BCUT2D eigenvalue weighted by Gasteiger charge is -2.09. The number of amides is 4. The predicted molar refractivity (Wildman–Crippen MR) is 62.1 cm³/mol. The van der Waals surface area contributed by atoms with Gasteiger partial charge in [-0.1, -0.05) is 12.1 Å². The summed E-state index contributed by atoms with van der Waals surface area (Å²) in [6.07, 6.45) is 0. The van der Waals surface area contributed by atoms with Gasteiger partial charge in [-0.3, -0.25) is 19.2 Å². The Labute approximate surface area is 101 Å². The fraction of sp³-hybridized carbons (Fsp3) is 0. The molecule has 0 spiro atoms. The summed E-state index contributed by atoms with van der Waals surface area (Å²) in [6, 6.07) is 5.93. The van der Waals surface area contributed by atoms with Gasteiger partial charge in [0.25, 0.3) is 0 Å². The fourth-order valence-electron chi connectivity index (χ4n) is 1.07. The van der Waals surface area contributed by atoms with E-state index in [1.165, 1.54) is 12.1 Å². The molecule has 0 bridgehead atoms. The Morgan fingerprint density at radius 1 is 0.778 bits per heavy atom. The third-order valence-electron chi connectivity index (χ3n) is 1.87. The first-order valence-corrected chi connectivity index (χ1v) is 4.72. The van der Waals surface area contributed by atoms with Gasteiger partial charge in [-0.15, -0.1) is 0 Å². The van der Waals surface area contributed by atoms with Crippen LogP contribution in [0.3, 0.4) is 0 Å². The molecule has 8 nitrogen and oxygen atoms in total. The van der Waals surface area contributed by atoms with Crippen LogP contribution in [0.2, 0.25) is 0 Å². The van der Waals surface area contributed by atoms with E-state index >= 15 is 0 Å². The van der Waals surface area contributed by atoms with E-state index in [-0.39, 0.29) is 11.4 Å². The standard InChI is InChI=1S/C10H10N4O4/c11-7(15)9(17)13-5-3-1-2-4-6(5)14-10(18)8(12)16/h1-4H,(H2,11,15)(H2,12,16)(H,13,17)(H,14,18). The number of hydrogen-bond donors (Lipinski definition) is 4. The Hall–Kier alpha value is -2.90. The maximum atomic E-state index is 11.1. The van der Waals surface area contributed by atoms with Crippen LogP contribution in [-0.2, 0) is 19.2 Å². The third-order valence-corrected chi connectivity index (χ3v) is 1.87. The lowest BCUT2D eigenvalue weighted by Crippen LogP contribution is -2.32. The Morgan fingerprint density at radius 3 is 1.39 bits per heavy atom. The number of carbonyl (C=O) groups excluding carboxylic acids is 4. The molecule has 1 rings (SSSR count). The van der Waals surface area contributed by atoms with Gasteiger partial charge < -0.3 is 22.1 Å². The molecule has 0 saturated heterocycles. The molecule has 0 unspecified atom stereocenters. The summed E-state index contributed by atoms with van der Waals surface area (Å²) in [4.78, 5) is 43.4. The highest BCUT2D eigenvalue weighted by molar-refractivity contribution is 6.41. The number of para-hydroxylation sites is 2. The van der Waals surface area contributed by atoms with Gasteiger partial charge in [-0.05, 0) is 12.1 Å². The molecule has 94 valence electrons. The molecular formula is C10H10N4O4. The second kappa shape index (κ2) is 5.43. The van der Waals surface area contributed by atoms with Gasteiger partial charge in [0.2, 0.25) is 0 Å². The van der Waals surface area contributed by atoms with E-state index in [0.717, 1.165) is 0 Å². The summed E-state index contributed by atoms with van der Waals surface area (Å²) in [5.74, 6) is -4.44. The molecule has 8 heteroatoms. The first-order chi connectivity index (χ1) is 8.41. The summed E-state index contributed by atoms with van der Waals surface area (Å²) in [5.41, 5.74) is 9.78. The minimum atomic E-state index is -1.17. The van der Waals surface area contributed by atoms with E-state index in [9.17, 15) is 19.2 Å². The highest BCUT2D eigenvalue weighted by atomic mass is 16.2. The third kappa shape index (κ3) is 3.30. The van der Waals surface area contributed by atoms with Crippen molar-refractivity contribution in [3.63, 3.8) is 0 Å². The smallest absolute Gasteiger partial charge is 0.313 e. The highest BCUT2D eigenvalue weighted by Gasteiger charge is 2.14. The largest absolute Gasteiger partial charge is 0.361 e. The zero-order chi connectivity index (χ0) is 13.7. The van der Waals surface area contributed by atoms with Crippen LogP contribution in [-0.4, -0.2) is 23.6 Å². The number of primary amides is 2. The van der Waals surface area contributed by atoms with E-state index in [2.05, 4.69) is 10.6 Å². The van der Waals surface area contributed by atoms with Gasteiger partial charge in [0.15, 0.2) is 0 Å². The summed E-state index contributed by atoms with van der Waals surface area (Å²) in [6.45, 7) is 0. The molecule has 1 aromatic rings. The number of nitrogens with one attached hydrogen (secondary N) is 2. The molecule has 0 aliphatic heterocycles. The van der Waals surface area contributed by atoms with Crippen LogP contribution >= 0.6 is 0 Å². The van der Waals surface area contributed by atoms with Crippen molar-refractivity contribution in [2.75, 3.05) is 10.6 Å². The van der Waals surface area contributed by atoms with Crippen molar-refractivity contribution in [1.29, 1.82) is 0 Å². The van der Waals surface area contributed by atoms with Crippen molar-refractivity contribution >= 4 is 35.0 Å². The number of anilines is 2. The molecule has 1 aromatic carbocycles. The molecule has 0 radical (unpaired) electrons. The average Bonchev–Trinajstić information content (AvgIpc) is 2.31. The van der Waals surface area contributed by atoms with Crippen molar-refractivity contribution in [2.45, 2.75) is 0 Å². The number of rotatable bonds is 2. The monoisotopic (exact) mass is 250 g/mol. The van der Waals surface area contributed by atoms with E-state index in [0.29, 0.717) is 0 Å². The molecular weight excluding hydrogens is 240 g/mol. The van der Waals surface area contributed by atoms with Crippen molar-refractivity contribution in [3.8, 4) is 0 Å². The van der Waals surface area contributed by atoms with E-state index < -0.39 is 23.6 Å². The normalized spacial score (nSPS) is 9.33. The van der Waals surface area contributed by atoms with Gasteiger partial charge >= 0.3 is 23.6 Å². The topological polar surface area (TPSA) is 144 Å². The van der Waals surface area contributed by atoms with Crippen molar-refractivity contribution in [1.82, 2.24) is 0 Å². The first-order valence-electron chi connectivity index (χ1n) is 4.72. The Bertz CT molecular complexity index is 479. The number of carbonyl (C=O) groups is 4. The molecule has 18 heavy (non-hydrogen) atoms. The maximum Gasteiger partial charge on any atom is 0.313 e. The molecule has 6 N–H and O–H groups in total. The number of hydrogen-bond acceptors (Lipinski definition) is 4. The van der Waals surface area contributed by atoms with E-state index in [1.54, 1.807) is 12.1 Å². The lowest BCUT2D eigenvalue weighted by molar-refractivity contribution is -0.134. The Balaban J connectivity index is 2.93. The lowest BCUT2D eigenvalue weighted by atomic mass is 10.2. The van der Waals surface area contributed by atoms with E-state index in [1.807, 2.05) is 0 Å². The predicted octanol–water partition coefficient (Wildman–Crippen LogP) is -1.47. The Morgan fingerprint density at radius 2 is 1.11 bits per heavy atom. The van der Waals surface area contributed by atoms with Gasteiger partial charge in [0, 0.05) is 0 Å². The number of benzene rings is 1. The molecule has 0 atom stereocenters. The van der Waals surface area contributed by atoms with Crippen molar-refractivity contribution in [2.24, 2.45) is 11.5 Å². The zero-order valence-electron chi connectivity index (χ0n) is 9.10. The molecule has 0 aromatic heterocycles. The van der Waals surface area contributed by atoms with E-state index in [4.69, 9.17) is 11.5 Å². The van der Waals surface area contributed by atoms with Gasteiger partial charge in [-0.2, -0.15) is 0 Å². The average molecular weight is 250 g/mol. The SMILES string of the molecule is NC(=O)C(=O)Nc1ccccc1NC(=O)C(N)=O. The van der Waals surface area contributed by atoms with Crippen LogP contribution in [0.15, 0.2) is 24.3 Å². The van der Waals surface area contributed by atoms with Gasteiger partial charge in [0.1, 0.15) is 0 Å². The zero-order valence-corrected chi connectivity index (χ0v) is 9.10. The van der Waals surface area contributed by atoms with Crippen LogP contribution in [0.25, 0.3) is 0 Å². The Kier molecular flexibility index (Phi) is 3.98. The number of nitrogens with two attached hydrogens (primary N) is 2. The fourth-order valence-corrected chi connectivity index (χ4v) is 1.07. The van der Waals surface area contributed by atoms with Crippen molar-refractivity contribution in [3.05, 3.63) is 24.3 Å². The molecule has 0 aliphatic rings. The minimum Gasteiger partial charge on any atom is -0.361 e. The first kappa shape index (κ1) is 13.2. The second-order valence-corrected chi connectivity index (χ2v) is 3.18. The van der Waals surface area contributed by atoms with Crippen LogP contribution in [0, 0.1) is 0 Å². The summed E-state index contributed by atoms with van der Waals surface area (Å²) < 4.78 is 0. The summed E-state index contributed by atoms with van der Waals surface area (Å²) in [5, 5.41) is 4.35. The molecule has 0 aliphatic carbocycles. The molecule has 4 amide bonds. The van der Waals surface area contributed by atoms with Crippen LogP contribution in [0.1, 0.15) is 0 Å². The van der Waals surface area contributed by atoms with Crippen LogP contribution < -0.4 is 22.1 Å². The van der Waals surface area contributed by atoms with Gasteiger partial charge in [-0.25, -0.2) is 0 Å². The molecule has 0 fully saturated rings. The van der Waals surface area contributed by atoms with Gasteiger partial charge in [0.05, 0.1) is 11.4 Å². The molecule has 0 heterocycles. The second-order valence-electron chi connectivity index (χ2n) is 3.18.